The third-order valence-electron chi connectivity index (χ3n) is 15.7. The molecule has 14 rings (SSSR count). The van der Waals surface area contributed by atoms with Crippen molar-refractivity contribution < 1.29 is 151 Å². The Morgan fingerprint density at radius 1 is 0.431 bits per heavy atom. The number of nitrogens with zero attached hydrogens (tertiary/aromatic N) is 16. The first kappa shape index (κ1) is 88.1. The summed E-state index contributed by atoms with van der Waals surface area (Å²) in [7, 11) is 0. The Morgan fingerprint density at radius 2 is 0.724 bits per heavy atom. The van der Waals surface area contributed by atoms with Crippen LogP contribution in [0.1, 0.15) is 108 Å². The molecule has 0 bridgehead atoms. The van der Waals surface area contributed by atoms with E-state index in [-0.39, 0.29) is 111 Å². The molecule has 0 aliphatic carbocycles. The third-order valence-corrected chi connectivity index (χ3v) is 15.7. The number of carbonyl (C=O) groups excluding carboxylic acids is 3. The first-order valence-electron chi connectivity index (χ1n) is 33.2. The molecule has 2 aliphatic heterocycles. The SMILES string of the molecule is O=C(Cn1cncn1)c1ccc(Oc2ccc(C3OCCO3)cc2)nc1C(F)(F)F.O=Cc1ccc(Oc2ccc(C(=O)Cn3cncn3)c(C(F)(F)F)n2)cc1.OC(Cn1cncn1)c1ccc(Oc2ccc(C3OCCO3)cc2)nc1C(F)(F)F.OCc1ccc(Oc2ccc(C(O)Cn3cncn3)c(C(F)(F)F)n2)cc1.[B].[H-].[Na+]. The number of alkyl halides is 12. The molecule has 3 radical (unpaired) electrons. The monoisotopic (exact) mass is 1630 g/mol. The minimum atomic E-state index is -4.85. The van der Waals surface area contributed by atoms with Crippen LogP contribution in [0, 0.1) is 0 Å². The molecule has 4 aromatic carbocycles. The van der Waals surface area contributed by atoms with Crippen molar-refractivity contribution in [1.29, 1.82) is 0 Å². The van der Waals surface area contributed by atoms with E-state index >= 15 is 0 Å². The number of ketones is 2. The second-order valence-corrected chi connectivity index (χ2v) is 23.7. The number of carbonyl (C=O) groups is 3. The normalized spacial score (nSPS) is 13.5. The second kappa shape index (κ2) is 40.0. The average Bonchev–Trinajstić information content (AvgIpc) is 1.15. The molecule has 2 fully saturated rings. The van der Waals surface area contributed by atoms with Gasteiger partial charge in [0.1, 0.15) is 105 Å². The molecule has 0 amide bonds. The number of hydrogen-bond donors (Lipinski definition) is 3. The van der Waals surface area contributed by atoms with E-state index < -0.39 is 108 Å². The van der Waals surface area contributed by atoms with E-state index in [0.29, 0.717) is 49.6 Å². The molecule has 2 unspecified atom stereocenters. The van der Waals surface area contributed by atoms with Crippen molar-refractivity contribution in [2.45, 2.75) is 82.3 Å². The minimum Gasteiger partial charge on any atom is -1.00 e. The van der Waals surface area contributed by atoms with Gasteiger partial charge in [-0.1, -0.05) is 36.4 Å². The number of aliphatic hydroxyl groups is 3. The zero-order chi connectivity index (χ0) is 81.2. The van der Waals surface area contributed by atoms with Crippen LogP contribution < -0.4 is 48.5 Å². The van der Waals surface area contributed by atoms with Crippen LogP contribution in [0.4, 0.5) is 52.7 Å². The van der Waals surface area contributed by atoms with Gasteiger partial charge in [-0.15, -0.1) is 0 Å². The summed E-state index contributed by atoms with van der Waals surface area (Å²) in [6.07, 6.45) is -12.7. The van der Waals surface area contributed by atoms with Gasteiger partial charge in [-0.05, 0) is 90.5 Å². The number of Topliss-reactive ketones (excluding diaryl/α,β-unsaturated/α-hetero) is 2. The predicted octanol–water partition coefficient (Wildman–Crippen LogP) is 9.30. The molecule has 12 aromatic rings. The maximum atomic E-state index is 13.5. The Bertz CT molecular complexity index is 5130. The van der Waals surface area contributed by atoms with E-state index in [1.165, 1.54) is 115 Å². The van der Waals surface area contributed by atoms with Gasteiger partial charge in [0.05, 0.1) is 57.3 Å². The number of hydrogen-bond acceptors (Lipinski definition) is 26. The van der Waals surface area contributed by atoms with E-state index in [1.54, 1.807) is 60.7 Å². The summed E-state index contributed by atoms with van der Waals surface area (Å²) in [4.78, 5) is 63.9. The third kappa shape index (κ3) is 24.6. The fourth-order valence-electron chi connectivity index (χ4n) is 10.4. The van der Waals surface area contributed by atoms with Crippen LogP contribution in [-0.4, -0.2) is 147 Å². The predicted molar refractivity (Wildman–Crippen MR) is 369 cm³/mol. The van der Waals surface area contributed by atoms with Crippen LogP contribution in [0.25, 0.3) is 0 Å². The quantitative estimate of drug-likeness (QED) is 0.0219. The molecule has 2 saturated heterocycles. The second-order valence-electron chi connectivity index (χ2n) is 23.7. The molecule has 116 heavy (non-hydrogen) atoms. The summed E-state index contributed by atoms with van der Waals surface area (Å²) in [6, 6.07) is 34.2. The van der Waals surface area contributed by atoms with Gasteiger partial charge < -0.3 is 54.6 Å². The maximum absolute atomic E-state index is 13.5. The van der Waals surface area contributed by atoms with Crippen LogP contribution in [0.2, 0.25) is 0 Å². The smallest absolute Gasteiger partial charge is 1.00 e. The van der Waals surface area contributed by atoms with Crippen LogP contribution in [0.3, 0.4) is 0 Å². The standard InChI is InChI=1S/C19H17F3N4O4.C19H15F3N4O4.C17H15F3N4O3.C17H11F3N4O3.B.Na.H/c2*20-19(21,22)17-14(15(27)9-26-11-23-10-24-26)5-6-16(25-17)30-13-3-1-12(2-4-13)18-28-7-8-29-18;2*18-17(19,20)16-13(14(26)7-24-10-21-9-22-24)5-6-15(23-16)27-12-3-1-11(8-25)2-4-12;;;/h1-6,10-11,15,18,27H,7-9H2;1-6,10-11,18H,7-9H2;1-6,9-10,14,25-26H,7-8H2;1-6,8-10H,7H2;;;/q;;;;;+1;-1. The number of halogens is 12. The van der Waals surface area contributed by atoms with E-state index in [2.05, 4.69) is 60.3 Å². The molecule has 3 N–H and O–H groups in total. The summed E-state index contributed by atoms with van der Waals surface area (Å²) in [6.45, 7) is 0.644. The van der Waals surface area contributed by atoms with Gasteiger partial charge >= 0.3 is 54.3 Å². The maximum Gasteiger partial charge on any atom is 1.00 e. The number of rotatable bonds is 24. The number of pyridine rings is 4. The molecule has 10 heterocycles. The molecular weight excluding hydrogens is 1570 g/mol. The van der Waals surface area contributed by atoms with Crippen molar-refractivity contribution in [2.75, 3.05) is 26.4 Å². The van der Waals surface area contributed by atoms with E-state index in [1.807, 2.05) is 0 Å². The van der Waals surface area contributed by atoms with Gasteiger partial charge in [-0.25, -0.2) is 49.2 Å². The summed E-state index contributed by atoms with van der Waals surface area (Å²) in [5.41, 5.74) is -4.51. The van der Waals surface area contributed by atoms with Crippen LogP contribution in [0.15, 0.2) is 196 Å². The molecule has 599 valence electrons. The molecule has 2 aliphatic rings. The van der Waals surface area contributed by atoms with Crippen LogP contribution in [0.5, 0.6) is 46.5 Å². The Labute approximate surface area is 672 Å². The number of ether oxygens (including phenoxy) is 8. The fraction of sp³-hybridized carbons (Fsp3) is 0.236. The molecule has 44 heteroatoms. The van der Waals surface area contributed by atoms with E-state index in [4.69, 9.17) is 43.0 Å². The molecule has 0 saturated carbocycles. The number of aldehydes is 1. The summed E-state index contributed by atoms with van der Waals surface area (Å²) >= 11 is 0. The number of aliphatic hydroxyl groups excluding tert-OH is 3. The Hall–Kier alpha value is -11.8. The largest absolute Gasteiger partial charge is 1.00 e. The van der Waals surface area contributed by atoms with E-state index in [0.717, 1.165) is 50.8 Å². The van der Waals surface area contributed by atoms with Crippen LogP contribution in [-0.2, 0) is 76.4 Å². The first-order chi connectivity index (χ1) is 54.5. The van der Waals surface area contributed by atoms with Gasteiger partial charge in [-0.2, -0.15) is 73.1 Å². The Kier molecular flexibility index (Phi) is 30.4. The molecule has 0 spiro atoms. The van der Waals surface area contributed by atoms with Gasteiger partial charge in [0, 0.05) is 60.5 Å². The van der Waals surface area contributed by atoms with Gasteiger partial charge in [-0.3, -0.25) is 23.7 Å². The van der Waals surface area contributed by atoms with E-state index in [9.17, 15) is 77.3 Å². The molecule has 2 atom stereocenters. The Balaban J connectivity index is 0.000000193. The van der Waals surface area contributed by atoms with Crippen LogP contribution >= 0.6 is 0 Å². The van der Waals surface area contributed by atoms with Crippen molar-refractivity contribution in [1.82, 2.24) is 79.0 Å². The van der Waals surface area contributed by atoms with Crippen molar-refractivity contribution in [3.05, 3.63) is 263 Å². The summed E-state index contributed by atoms with van der Waals surface area (Å²) < 4.78 is 209. The average molecular weight is 1630 g/mol. The zero-order valence-corrected chi connectivity index (χ0v) is 61.8. The summed E-state index contributed by atoms with van der Waals surface area (Å²) in [5, 5.41) is 44.4. The van der Waals surface area contributed by atoms with Crippen molar-refractivity contribution >= 4 is 26.3 Å². The zero-order valence-electron chi connectivity index (χ0n) is 60.8. The van der Waals surface area contributed by atoms with Gasteiger partial charge in [0.25, 0.3) is 0 Å². The first-order valence-corrected chi connectivity index (χ1v) is 33.2. The summed E-state index contributed by atoms with van der Waals surface area (Å²) in [5.74, 6) is -1.72. The van der Waals surface area contributed by atoms with Crippen molar-refractivity contribution in [3.8, 4) is 46.5 Å². The molecule has 30 nitrogen and oxygen atoms in total. The molecule has 8 aromatic heterocycles. The Morgan fingerprint density at radius 3 is 1.02 bits per heavy atom. The number of aromatic nitrogens is 16. The minimum absolute atomic E-state index is 0. The number of benzene rings is 4. The van der Waals surface area contributed by atoms with Gasteiger partial charge in [0.15, 0.2) is 46.9 Å². The molecular formula is C72H59BF12N16NaO14. The topological polar surface area (TPSA) is 360 Å². The van der Waals surface area contributed by atoms with Crippen molar-refractivity contribution in [3.63, 3.8) is 0 Å². The van der Waals surface area contributed by atoms with Gasteiger partial charge in [0.2, 0.25) is 23.5 Å². The fourth-order valence-corrected chi connectivity index (χ4v) is 10.4. The van der Waals surface area contributed by atoms with Crippen molar-refractivity contribution in [2.24, 2.45) is 0 Å².